The molecule has 0 radical (unpaired) electrons. The number of methoxy groups -OCH3 is 1. The topological polar surface area (TPSA) is 74.1 Å². The van der Waals surface area contributed by atoms with Crippen molar-refractivity contribution in [3.63, 3.8) is 0 Å². The lowest BCUT2D eigenvalue weighted by Gasteiger charge is -2.22. The molecule has 0 spiro atoms. The molecule has 0 saturated carbocycles. The molecule has 1 atom stereocenters. The van der Waals surface area contributed by atoms with Crippen molar-refractivity contribution in [3.8, 4) is 0 Å². The molecule has 102 valence electrons. The number of ether oxygens (including phenoxy) is 2. The van der Waals surface area contributed by atoms with Gasteiger partial charge in [0.1, 0.15) is 0 Å². The molecule has 2 heterocycles. The molecule has 1 N–H and O–H groups in total. The fourth-order valence-corrected chi connectivity index (χ4v) is 2.01. The van der Waals surface area contributed by atoms with E-state index >= 15 is 0 Å². The van der Waals surface area contributed by atoms with E-state index in [1.807, 2.05) is 4.68 Å². The first-order chi connectivity index (χ1) is 8.90. The summed E-state index contributed by atoms with van der Waals surface area (Å²) in [7, 11) is 1.69. The zero-order valence-electron chi connectivity index (χ0n) is 10.8. The first kappa shape index (κ1) is 13.4. The van der Waals surface area contributed by atoms with E-state index in [0.717, 1.165) is 38.4 Å². The summed E-state index contributed by atoms with van der Waals surface area (Å²) in [6, 6.07) is 0. The van der Waals surface area contributed by atoms with E-state index in [-0.39, 0.29) is 6.10 Å². The Kier molecular flexibility index (Phi) is 5.50. The average molecular weight is 255 g/mol. The van der Waals surface area contributed by atoms with Gasteiger partial charge in [0, 0.05) is 20.3 Å². The number of tetrazole rings is 1. The molecule has 1 fully saturated rings. The summed E-state index contributed by atoms with van der Waals surface area (Å²) in [5.74, 6) is 0.847. The molecule has 1 saturated heterocycles. The molecule has 2 rings (SSSR count). The normalized spacial score (nSPS) is 20.2. The molecule has 1 aliphatic rings. The summed E-state index contributed by atoms with van der Waals surface area (Å²) in [5, 5.41) is 15.0. The SMILES string of the molecule is COCCNCc1nnnn1CC1CCCCO1. The Morgan fingerprint density at radius 3 is 3.22 bits per heavy atom. The molecule has 0 aliphatic carbocycles. The number of hydrogen-bond acceptors (Lipinski definition) is 6. The third-order valence-electron chi connectivity index (χ3n) is 3.02. The summed E-state index contributed by atoms with van der Waals surface area (Å²) in [6.45, 7) is 3.74. The van der Waals surface area contributed by atoms with Crippen molar-refractivity contribution >= 4 is 0 Å². The van der Waals surface area contributed by atoms with Crippen molar-refractivity contribution in [1.29, 1.82) is 0 Å². The van der Waals surface area contributed by atoms with Gasteiger partial charge in [-0.25, -0.2) is 4.68 Å². The second-order valence-corrected chi connectivity index (χ2v) is 4.44. The lowest BCUT2D eigenvalue weighted by atomic mass is 10.1. The van der Waals surface area contributed by atoms with Crippen molar-refractivity contribution in [2.75, 3.05) is 26.9 Å². The van der Waals surface area contributed by atoms with E-state index in [1.165, 1.54) is 6.42 Å². The zero-order valence-corrected chi connectivity index (χ0v) is 10.8. The summed E-state index contributed by atoms with van der Waals surface area (Å²) < 4.78 is 12.5. The van der Waals surface area contributed by atoms with Crippen LogP contribution in [0, 0.1) is 0 Å². The molecular formula is C11H21N5O2. The summed E-state index contributed by atoms with van der Waals surface area (Å²) in [6.07, 6.45) is 3.74. The van der Waals surface area contributed by atoms with Crippen LogP contribution >= 0.6 is 0 Å². The molecule has 1 aliphatic heterocycles. The Balaban J connectivity index is 1.79. The maximum Gasteiger partial charge on any atom is 0.165 e. The molecule has 18 heavy (non-hydrogen) atoms. The Hall–Kier alpha value is -1.05. The van der Waals surface area contributed by atoms with Gasteiger partial charge in [-0.1, -0.05) is 0 Å². The van der Waals surface area contributed by atoms with Gasteiger partial charge >= 0.3 is 0 Å². The van der Waals surface area contributed by atoms with Gasteiger partial charge in [0.25, 0.3) is 0 Å². The minimum atomic E-state index is 0.250. The van der Waals surface area contributed by atoms with Gasteiger partial charge < -0.3 is 14.8 Å². The fraction of sp³-hybridized carbons (Fsp3) is 0.909. The third-order valence-corrected chi connectivity index (χ3v) is 3.02. The zero-order chi connectivity index (χ0) is 12.6. The Morgan fingerprint density at radius 2 is 2.44 bits per heavy atom. The van der Waals surface area contributed by atoms with Gasteiger partial charge in [0.15, 0.2) is 5.82 Å². The van der Waals surface area contributed by atoms with Gasteiger partial charge in [-0.2, -0.15) is 0 Å². The first-order valence-corrected chi connectivity index (χ1v) is 6.46. The predicted octanol–water partition coefficient (Wildman–Crippen LogP) is -0.0218. The molecule has 1 aromatic rings. The lowest BCUT2D eigenvalue weighted by Crippen LogP contribution is -2.27. The average Bonchev–Trinajstić information content (AvgIpc) is 2.83. The Morgan fingerprint density at radius 1 is 1.50 bits per heavy atom. The third kappa shape index (κ3) is 4.01. The van der Waals surface area contributed by atoms with Gasteiger partial charge in [-0.05, 0) is 29.7 Å². The predicted molar refractivity (Wildman–Crippen MR) is 65.0 cm³/mol. The minimum Gasteiger partial charge on any atom is -0.383 e. The molecule has 7 nitrogen and oxygen atoms in total. The Bertz CT molecular complexity index is 338. The Labute approximate surface area is 107 Å². The molecule has 0 aromatic carbocycles. The quantitative estimate of drug-likeness (QED) is 0.690. The smallest absolute Gasteiger partial charge is 0.165 e. The maximum atomic E-state index is 5.69. The molecule has 1 aromatic heterocycles. The van der Waals surface area contributed by atoms with Gasteiger partial charge in [-0.3, -0.25) is 0 Å². The summed E-state index contributed by atoms with van der Waals surface area (Å²) in [5.41, 5.74) is 0. The van der Waals surface area contributed by atoms with Crippen LogP contribution in [0.2, 0.25) is 0 Å². The number of aromatic nitrogens is 4. The van der Waals surface area contributed by atoms with E-state index in [9.17, 15) is 0 Å². The minimum absolute atomic E-state index is 0.250. The van der Waals surface area contributed by atoms with Crippen molar-refractivity contribution in [1.82, 2.24) is 25.5 Å². The lowest BCUT2D eigenvalue weighted by molar-refractivity contribution is 0.00313. The second-order valence-electron chi connectivity index (χ2n) is 4.44. The largest absolute Gasteiger partial charge is 0.383 e. The number of hydrogen-bond donors (Lipinski definition) is 1. The van der Waals surface area contributed by atoms with Crippen LogP contribution in [0.4, 0.5) is 0 Å². The van der Waals surface area contributed by atoms with Crippen LogP contribution in [0.5, 0.6) is 0 Å². The molecular weight excluding hydrogens is 234 g/mol. The van der Waals surface area contributed by atoms with Gasteiger partial charge in [-0.15, -0.1) is 5.10 Å². The van der Waals surface area contributed by atoms with Crippen LogP contribution in [0.25, 0.3) is 0 Å². The van der Waals surface area contributed by atoms with Crippen LogP contribution in [-0.4, -0.2) is 53.2 Å². The molecule has 1 unspecified atom stereocenters. The van der Waals surface area contributed by atoms with Crippen LogP contribution in [0.15, 0.2) is 0 Å². The van der Waals surface area contributed by atoms with Crippen molar-refractivity contribution < 1.29 is 9.47 Å². The second kappa shape index (κ2) is 7.40. The molecule has 0 amide bonds. The standard InChI is InChI=1S/C11H21N5O2/c1-17-7-5-12-8-11-13-14-15-16(11)9-10-4-2-3-6-18-10/h10,12H,2-9H2,1H3. The van der Waals surface area contributed by atoms with Gasteiger partial charge in [0.2, 0.25) is 0 Å². The summed E-state index contributed by atoms with van der Waals surface area (Å²) >= 11 is 0. The molecule has 7 heteroatoms. The van der Waals surface area contributed by atoms with Gasteiger partial charge in [0.05, 0.1) is 25.8 Å². The van der Waals surface area contributed by atoms with E-state index in [4.69, 9.17) is 9.47 Å². The first-order valence-electron chi connectivity index (χ1n) is 6.46. The highest BCUT2D eigenvalue weighted by molar-refractivity contribution is 4.81. The molecule has 0 bridgehead atoms. The van der Waals surface area contributed by atoms with Crippen LogP contribution in [-0.2, 0) is 22.6 Å². The van der Waals surface area contributed by atoms with Crippen LogP contribution < -0.4 is 5.32 Å². The highest BCUT2D eigenvalue weighted by Crippen LogP contribution is 2.14. The van der Waals surface area contributed by atoms with Crippen LogP contribution in [0.1, 0.15) is 25.1 Å². The van der Waals surface area contributed by atoms with Crippen molar-refractivity contribution in [3.05, 3.63) is 5.82 Å². The van der Waals surface area contributed by atoms with E-state index < -0.39 is 0 Å². The van der Waals surface area contributed by atoms with Crippen molar-refractivity contribution in [2.45, 2.75) is 38.5 Å². The summed E-state index contributed by atoms with van der Waals surface area (Å²) in [4.78, 5) is 0. The number of nitrogens with one attached hydrogen (secondary N) is 1. The van der Waals surface area contributed by atoms with Crippen molar-refractivity contribution in [2.24, 2.45) is 0 Å². The monoisotopic (exact) mass is 255 g/mol. The highest BCUT2D eigenvalue weighted by Gasteiger charge is 2.17. The highest BCUT2D eigenvalue weighted by atomic mass is 16.5. The number of nitrogens with zero attached hydrogens (tertiary/aromatic N) is 4. The van der Waals surface area contributed by atoms with E-state index in [2.05, 4.69) is 20.8 Å². The van der Waals surface area contributed by atoms with E-state index in [1.54, 1.807) is 7.11 Å². The maximum absolute atomic E-state index is 5.69. The van der Waals surface area contributed by atoms with E-state index in [0.29, 0.717) is 13.2 Å². The number of rotatable bonds is 7. The fourth-order valence-electron chi connectivity index (χ4n) is 2.01. The van der Waals surface area contributed by atoms with Crippen LogP contribution in [0.3, 0.4) is 0 Å².